The van der Waals surface area contributed by atoms with E-state index in [-0.39, 0.29) is 35.7 Å². The molecule has 5 N–H and O–H groups in total. The van der Waals surface area contributed by atoms with Crippen LogP contribution in [0.15, 0.2) is 97.3 Å². The van der Waals surface area contributed by atoms with Crippen molar-refractivity contribution < 1.29 is 28.8 Å². The largest absolute Gasteiger partial charge is 0.326 e. The van der Waals surface area contributed by atoms with Gasteiger partial charge < -0.3 is 16.0 Å². The van der Waals surface area contributed by atoms with Gasteiger partial charge in [-0.25, -0.2) is 9.87 Å². The Balaban J connectivity index is 1.35. The van der Waals surface area contributed by atoms with E-state index in [9.17, 15) is 19.2 Å². The summed E-state index contributed by atoms with van der Waals surface area (Å²) in [6.07, 6.45) is 6.16. The van der Waals surface area contributed by atoms with Crippen LogP contribution in [-0.2, 0) is 24.8 Å². The van der Waals surface area contributed by atoms with Crippen molar-refractivity contribution in [1.82, 2.24) is 15.4 Å². The minimum Gasteiger partial charge on any atom is -0.326 e. The summed E-state index contributed by atoms with van der Waals surface area (Å²) in [5, 5.41) is 17.8. The summed E-state index contributed by atoms with van der Waals surface area (Å²) in [6, 6.07) is 22.6. The van der Waals surface area contributed by atoms with E-state index in [1.54, 1.807) is 78.5 Å². The Kier molecular flexibility index (Phi) is 10.4. The van der Waals surface area contributed by atoms with Gasteiger partial charge in [-0.1, -0.05) is 61.4 Å². The highest BCUT2D eigenvalue weighted by atomic mass is 19.1. The predicted molar refractivity (Wildman–Crippen MR) is 176 cm³/mol. The molecule has 0 saturated heterocycles. The number of carbonyl (C=O) groups excluding carboxylic acids is 4. The number of para-hydroxylation sites is 2. The van der Waals surface area contributed by atoms with Crippen LogP contribution in [0.3, 0.4) is 0 Å². The molecule has 0 aliphatic carbocycles. The molecule has 3 aromatic carbocycles. The number of nitrogens with zero attached hydrogens (tertiary/aromatic N) is 2. The van der Waals surface area contributed by atoms with Crippen molar-refractivity contribution in [3.05, 3.63) is 103 Å². The molecule has 5 aromatic rings. The summed E-state index contributed by atoms with van der Waals surface area (Å²) >= 11 is 0. The molecular weight excluding hydrogens is 603 g/mol. The number of benzene rings is 3. The van der Waals surface area contributed by atoms with E-state index in [2.05, 4.69) is 25.9 Å². The second-order valence-corrected chi connectivity index (χ2v) is 10.9. The summed E-state index contributed by atoms with van der Waals surface area (Å²) in [5.41, 5.74) is -0.191. The molecule has 11 nitrogen and oxygen atoms in total. The number of fused-ring (bicyclic) bond motifs is 2. The zero-order chi connectivity index (χ0) is 33.2. The minimum absolute atomic E-state index is 0.207. The number of aromatic nitrogens is 2. The van der Waals surface area contributed by atoms with E-state index in [0.717, 1.165) is 23.6 Å². The van der Waals surface area contributed by atoms with E-state index in [1.165, 1.54) is 24.3 Å². The zero-order valence-corrected chi connectivity index (χ0v) is 25.3. The Morgan fingerprint density at radius 2 is 1.11 bits per heavy atom. The van der Waals surface area contributed by atoms with Gasteiger partial charge in [-0.05, 0) is 49.2 Å². The molecule has 4 amide bonds. The average molecular weight is 637 g/mol. The monoisotopic (exact) mass is 636 g/mol. The molecule has 2 aromatic heterocycles. The number of unbranched alkanes of at least 4 members (excludes halogenated alkanes) is 3. The fraction of sp³-hybridized carbons (Fsp3) is 0.200. The molecule has 0 spiro atoms. The SMILES string of the molecule is O=C(CCCCCCC(=O)Nc1ccc(C(F)(C(=O)Nc2cccc3cccnc23)C(=O)Nc2cccc3cccnc23)cc1)NO. The van der Waals surface area contributed by atoms with Crippen molar-refractivity contribution in [2.45, 2.75) is 44.2 Å². The van der Waals surface area contributed by atoms with Crippen LogP contribution in [0.2, 0.25) is 0 Å². The van der Waals surface area contributed by atoms with Crippen LogP contribution in [0.1, 0.15) is 44.1 Å². The fourth-order valence-electron chi connectivity index (χ4n) is 5.18. The Morgan fingerprint density at radius 3 is 1.62 bits per heavy atom. The molecule has 0 radical (unpaired) electrons. The van der Waals surface area contributed by atoms with Crippen LogP contribution in [0.25, 0.3) is 21.8 Å². The molecule has 0 bridgehead atoms. The first kappa shape index (κ1) is 32.6. The summed E-state index contributed by atoms with van der Waals surface area (Å²) in [5.74, 6) is -3.17. The van der Waals surface area contributed by atoms with Crippen molar-refractivity contribution in [3.8, 4) is 0 Å². The van der Waals surface area contributed by atoms with Crippen LogP contribution in [0.4, 0.5) is 21.5 Å². The van der Waals surface area contributed by atoms with Crippen molar-refractivity contribution in [3.63, 3.8) is 0 Å². The Hall–Kier alpha value is -5.75. The lowest BCUT2D eigenvalue weighted by Crippen LogP contribution is -2.46. The van der Waals surface area contributed by atoms with Gasteiger partial charge in [0.05, 0.1) is 22.4 Å². The van der Waals surface area contributed by atoms with Crippen LogP contribution in [0.5, 0.6) is 0 Å². The number of nitrogens with one attached hydrogen (secondary N) is 4. The van der Waals surface area contributed by atoms with Gasteiger partial charge in [-0.2, -0.15) is 0 Å². The fourth-order valence-corrected chi connectivity index (χ4v) is 5.18. The van der Waals surface area contributed by atoms with Gasteiger partial charge in [0, 0.05) is 47.3 Å². The zero-order valence-electron chi connectivity index (χ0n) is 25.3. The van der Waals surface area contributed by atoms with Gasteiger partial charge in [-0.3, -0.25) is 34.4 Å². The maximum Gasteiger partial charge on any atom is 0.291 e. The number of hydrogen-bond acceptors (Lipinski definition) is 7. The third-order valence-electron chi connectivity index (χ3n) is 7.64. The highest BCUT2D eigenvalue weighted by Crippen LogP contribution is 2.33. The van der Waals surface area contributed by atoms with Crippen molar-refractivity contribution in [2.24, 2.45) is 0 Å². The molecule has 2 heterocycles. The molecule has 12 heteroatoms. The number of alkyl halides is 1. The topological polar surface area (TPSA) is 162 Å². The van der Waals surface area contributed by atoms with E-state index in [0.29, 0.717) is 29.6 Å². The van der Waals surface area contributed by atoms with E-state index in [4.69, 9.17) is 5.21 Å². The van der Waals surface area contributed by atoms with Gasteiger partial charge in [-0.15, -0.1) is 0 Å². The van der Waals surface area contributed by atoms with Gasteiger partial charge in [0.1, 0.15) is 0 Å². The molecular formula is C35H33FN6O5. The average Bonchev–Trinajstić information content (AvgIpc) is 3.09. The lowest BCUT2D eigenvalue weighted by Gasteiger charge is -2.25. The summed E-state index contributed by atoms with van der Waals surface area (Å²) in [6.45, 7) is 0. The standard InChI is InChI=1S/C35H33FN6O5/c36-35(33(45)40-27-13-5-9-23-11-7-21-37-31(23)27,34(46)41-28-14-6-10-24-12-8-22-38-32(24)28)25-17-19-26(20-18-25)39-29(43)15-3-1-2-4-16-30(44)42-47/h5-14,17-22,47H,1-4,15-16H2,(H,39,43)(H,40,45)(H,41,46)(H,42,44). The second kappa shape index (κ2) is 15.0. The third-order valence-corrected chi connectivity index (χ3v) is 7.64. The summed E-state index contributed by atoms with van der Waals surface area (Å²) in [4.78, 5) is 59.8. The van der Waals surface area contributed by atoms with Crippen LogP contribution < -0.4 is 21.4 Å². The Bertz CT molecular complexity index is 1810. The lowest BCUT2D eigenvalue weighted by atomic mass is 9.92. The summed E-state index contributed by atoms with van der Waals surface area (Å²) < 4.78 is 17.2. The summed E-state index contributed by atoms with van der Waals surface area (Å²) in [7, 11) is 0. The highest BCUT2D eigenvalue weighted by molar-refractivity contribution is 6.20. The first-order chi connectivity index (χ1) is 22.8. The first-order valence-electron chi connectivity index (χ1n) is 15.1. The predicted octanol–water partition coefficient (Wildman–Crippen LogP) is 6.01. The molecule has 0 fully saturated rings. The number of amides is 4. The highest BCUT2D eigenvalue weighted by Gasteiger charge is 2.49. The number of hydrogen-bond donors (Lipinski definition) is 5. The molecule has 240 valence electrons. The van der Waals surface area contributed by atoms with Crippen molar-refractivity contribution in [2.75, 3.05) is 16.0 Å². The first-order valence-corrected chi connectivity index (χ1v) is 15.1. The molecule has 0 atom stereocenters. The van der Waals surface area contributed by atoms with Gasteiger partial charge >= 0.3 is 0 Å². The molecule has 0 saturated carbocycles. The molecule has 0 aliphatic heterocycles. The maximum absolute atomic E-state index is 17.2. The molecule has 0 unspecified atom stereocenters. The number of pyridine rings is 2. The number of carbonyl (C=O) groups is 4. The normalized spacial score (nSPS) is 11.2. The van der Waals surface area contributed by atoms with E-state index >= 15 is 4.39 Å². The van der Waals surface area contributed by atoms with Crippen LogP contribution >= 0.6 is 0 Å². The van der Waals surface area contributed by atoms with Gasteiger partial charge in [0.2, 0.25) is 11.8 Å². The van der Waals surface area contributed by atoms with Gasteiger partial charge in [0.25, 0.3) is 17.5 Å². The maximum atomic E-state index is 17.2. The number of hydroxylamine groups is 1. The second-order valence-electron chi connectivity index (χ2n) is 10.9. The smallest absolute Gasteiger partial charge is 0.291 e. The quantitative estimate of drug-likeness (QED) is 0.0457. The van der Waals surface area contributed by atoms with E-state index < -0.39 is 23.4 Å². The molecule has 47 heavy (non-hydrogen) atoms. The molecule has 0 aliphatic rings. The Morgan fingerprint density at radius 1 is 0.617 bits per heavy atom. The van der Waals surface area contributed by atoms with Crippen LogP contribution in [0, 0.1) is 0 Å². The minimum atomic E-state index is -3.21. The number of anilines is 3. The van der Waals surface area contributed by atoms with Crippen molar-refractivity contribution >= 4 is 62.5 Å². The lowest BCUT2D eigenvalue weighted by molar-refractivity contribution is -0.140. The van der Waals surface area contributed by atoms with E-state index in [1.807, 2.05) is 0 Å². The third kappa shape index (κ3) is 7.74. The van der Waals surface area contributed by atoms with Crippen LogP contribution in [-0.4, -0.2) is 38.8 Å². The number of rotatable bonds is 13. The number of halogens is 1. The van der Waals surface area contributed by atoms with Gasteiger partial charge in [0.15, 0.2) is 0 Å². The molecule has 5 rings (SSSR count). The Labute approximate surface area is 269 Å². The van der Waals surface area contributed by atoms with Crippen molar-refractivity contribution in [1.29, 1.82) is 0 Å².